The number of pyridine rings is 1. The fourth-order valence-corrected chi connectivity index (χ4v) is 0.736. The number of nitrogens with one attached hydrogen (secondary N) is 1. The van der Waals surface area contributed by atoms with Gasteiger partial charge in [-0.15, -0.1) is 0 Å². The predicted octanol–water partition coefficient (Wildman–Crippen LogP) is 0.204. The average Bonchev–Trinajstić information content (AvgIpc) is 1.96. The molecule has 64 valence electrons. The molecular weight excluding hydrogens is 156 g/mol. The molecule has 12 heavy (non-hydrogen) atoms. The molecule has 0 spiro atoms. The first kappa shape index (κ1) is 8.32. The topological polar surface area (TPSA) is 94.0 Å². The van der Waals surface area contributed by atoms with Gasteiger partial charge in [-0.2, -0.15) is 0 Å². The second-order valence-corrected chi connectivity index (χ2v) is 2.35. The quantitative estimate of drug-likeness (QED) is 0.555. The minimum Gasteiger partial charge on any atom is -0.396 e. The molecule has 0 radical (unpaired) electrons. The zero-order valence-corrected chi connectivity index (χ0v) is 6.66. The highest BCUT2D eigenvalue weighted by atomic mass is 16.1. The van der Waals surface area contributed by atoms with Crippen molar-refractivity contribution in [3.8, 4) is 0 Å². The average molecular weight is 166 g/mol. The van der Waals surface area contributed by atoms with Crippen molar-refractivity contribution in [3.05, 3.63) is 12.1 Å². The van der Waals surface area contributed by atoms with Crippen molar-refractivity contribution in [2.24, 2.45) is 0 Å². The number of nitrogen functional groups attached to an aromatic ring is 2. The van der Waals surface area contributed by atoms with Crippen LogP contribution in [-0.2, 0) is 4.79 Å². The Labute approximate surface area is 69.8 Å². The Morgan fingerprint density at radius 1 is 1.50 bits per heavy atom. The van der Waals surface area contributed by atoms with Gasteiger partial charge in [0.2, 0.25) is 5.91 Å². The van der Waals surface area contributed by atoms with Crippen LogP contribution in [0, 0.1) is 0 Å². The molecule has 0 fully saturated rings. The number of carbonyl (C=O) groups excluding carboxylic acids is 1. The maximum Gasteiger partial charge on any atom is 0.222 e. The van der Waals surface area contributed by atoms with E-state index in [9.17, 15) is 4.79 Å². The second-order valence-electron chi connectivity index (χ2n) is 2.35. The number of nitrogens with zero attached hydrogens (tertiary/aromatic N) is 1. The van der Waals surface area contributed by atoms with Gasteiger partial charge in [-0.05, 0) is 12.1 Å². The summed E-state index contributed by atoms with van der Waals surface area (Å²) in [5, 5.41) is 2.49. The molecule has 0 atom stereocenters. The zero-order valence-electron chi connectivity index (χ0n) is 6.66. The summed E-state index contributed by atoms with van der Waals surface area (Å²) < 4.78 is 0. The number of carbonyl (C=O) groups is 1. The van der Waals surface area contributed by atoms with Gasteiger partial charge in [-0.1, -0.05) is 0 Å². The van der Waals surface area contributed by atoms with Gasteiger partial charge in [0.05, 0.1) is 5.69 Å². The second kappa shape index (κ2) is 3.08. The van der Waals surface area contributed by atoms with Crippen LogP contribution in [0.2, 0.25) is 0 Å². The van der Waals surface area contributed by atoms with Crippen molar-refractivity contribution in [1.29, 1.82) is 0 Å². The molecule has 0 saturated heterocycles. The van der Waals surface area contributed by atoms with Crippen LogP contribution in [0.25, 0.3) is 0 Å². The van der Waals surface area contributed by atoms with Crippen molar-refractivity contribution in [1.82, 2.24) is 4.98 Å². The molecule has 1 aromatic rings. The van der Waals surface area contributed by atoms with Crippen LogP contribution in [0.15, 0.2) is 12.1 Å². The maximum atomic E-state index is 10.6. The molecular formula is C7H10N4O. The summed E-state index contributed by atoms with van der Waals surface area (Å²) in [5.74, 6) is 0.446. The Hall–Kier alpha value is -1.78. The smallest absolute Gasteiger partial charge is 0.222 e. The summed E-state index contributed by atoms with van der Waals surface area (Å²) in [6.07, 6.45) is 0. The zero-order chi connectivity index (χ0) is 9.14. The normalized spacial score (nSPS) is 9.42. The van der Waals surface area contributed by atoms with Crippen LogP contribution in [-0.4, -0.2) is 10.9 Å². The highest BCUT2D eigenvalue weighted by Gasteiger charge is 1.99. The molecule has 0 aromatic carbocycles. The van der Waals surface area contributed by atoms with Gasteiger partial charge < -0.3 is 16.8 Å². The molecule has 1 rings (SSSR count). The molecule has 0 aliphatic heterocycles. The van der Waals surface area contributed by atoms with E-state index in [4.69, 9.17) is 11.5 Å². The molecule has 1 heterocycles. The fraction of sp³-hybridized carbons (Fsp3) is 0.143. The minimum absolute atomic E-state index is 0.188. The molecule has 5 nitrogen and oxygen atoms in total. The summed E-state index contributed by atoms with van der Waals surface area (Å²) in [6.45, 7) is 1.40. The molecule has 5 N–H and O–H groups in total. The Morgan fingerprint density at radius 2 is 2.17 bits per heavy atom. The van der Waals surface area contributed by atoms with Gasteiger partial charge in [0.15, 0.2) is 0 Å². The number of hydrogen-bond acceptors (Lipinski definition) is 4. The van der Waals surface area contributed by atoms with Crippen molar-refractivity contribution in [2.75, 3.05) is 16.8 Å². The summed E-state index contributed by atoms with van der Waals surface area (Å²) in [6, 6.07) is 3.18. The van der Waals surface area contributed by atoms with E-state index in [2.05, 4.69) is 10.3 Å². The number of rotatable bonds is 1. The van der Waals surface area contributed by atoms with Gasteiger partial charge in [0, 0.05) is 6.92 Å². The monoisotopic (exact) mass is 166 g/mol. The lowest BCUT2D eigenvalue weighted by atomic mass is 10.4. The van der Waals surface area contributed by atoms with Crippen LogP contribution in [0.4, 0.5) is 17.3 Å². The minimum atomic E-state index is -0.188. The third kappa shape index (κ3) is 1.85. The molecule has 0 bridgehead atoms. The maximum absolute atomic E-state index is 10.6. The number of nitrogens with two attached hydrogens (primary N) is 2. The van der Waals surface area contributed by atoms with E-state index < -0.39 is 0 Å². The van der Waals surface area contributed by atoms with E-state index in [0.717, 1.165) is 0 Å². The first-order chi connectivity index (χ1) is 5.59. The Balaban J connectivity index is 2.89. The van der Waals surface area contributed by atoms with Gasteiger partial charge in [0.25, 0.3) is 0 Å². The molecule has 0 aliphatic carbocycles. The number of anilines is 3. The lowest BCUT2D eigenvalue weighted by Gasteiger charge is -2.03. The van der Waals surface area contributed by atoms with E-state index in [-0.39, 0.29) is 11.7 Å². The van der Waals surface area contributed by atoms with Gasteiger partial charge in [-0.3, -0.25) is 4.79 Å². The number of amides is 1. The largest absolute Gasteiger partial charge is 0.396 e. The van der Waals surface area contributed by atoms with Crippen LogP contribution < -0.4 is 16.8 Å². The SMILES string of the molecule is CC(=O)Nc1ccc(N)c(N)n1. The lowest BCUT2D eigenvalue weighted by molar-refractivity contribution is -0.114. The third-order valence-corrected chi connectivity index (χ3v) is 1.26. The lowest BCUT2D eigenvalue weighted by Crippen LogP contribution is -2.09. The molecule has 1 aromatic heterocycles. The summed E-state index contributed by atoms with van der Waals surface area (Å²) in [5.41, 5.74) is 11.2. The van der Waals surface area contributed by atoms with Gasteiger partial charge >= 0.3 is 0 Å². The van der Waals surface area contributed by atoms with Gasteiger partial charge in [0.1, 0.15) is 11.6 Å². The van der Waals surface area contributed by atoms with Crippen LogP contribution in [0.3, 0.4) is 0 Å². The molecule has 1 amide bonds. The Kier molecular flexibility index (Phi) is 2.14. The number of hydrogen-bond donors (Lipinski definition) is 3. The first-order valence-corrected chi connectivity index (χ1v) is 3.39. The summed E-state index contributed by atoms with van der Waals surface area (Å²) in [4.78, 5) is 14.4. The Bertz CT molecular complexity index is 310. The van der Waals surface area contributed by atoms with Crippen molar-refractivity contribution >= 4 is 23.2 Å². The molecule has 0 unspecified atom stereocenters. The van der Waals surface area contributed by atoms with Crippen LogP contribution in [0.5, 0.6) is 0 Å². The van der Waals surface area contributed by atoms with Crippen molar-refractivity contribution in [2.45, 2.75) is 6.92 Å². The number of aromatic nitrogens is 1. The highest BCUT2D eigenvalue weighted by molar-refractivity contribution is 5.88. The van der Waals surface area contributed by atoms with E-state index >= 15 is 0 Å². The van der Waals surface area contributed by atoms with Crippen molar-refractivity contribution < 1.29 is 4.79 Å². The Morgan fingerprint density at radius 3 is 2.67 bits per heavy atom. The van der Waals surface area contributed by atoms with E-state index in [0.29, 0.717) is 11.5 Å². The predicted molar refractivity (Wildman–Crippen MR) is 47.4 cm³/mol. The van der Waals surface area contributed by atoms with E-state index in [1.807, 2.05) is 0 Å². The molecule has 5 heteroatoms. The molecule has 0 aliphatic rings. The van der Waals surface area contributed by atoms with Gasteiger partial charge in [-0.25, -0.2) is 4.98 Å². The molecule has 0 saturated carbocycles. The fourth-order valence-electron chi connectivity index (χ4n) is 0.736. The van der Waals surface area contributed by atoms with Crippen molar-refractivity contribution in [3.63, 3.8) is 0 Å². The van der Waals surface area contributed by atoms with E-state index in [1.165, 1.54) is 6.92 Å². The van der Waals surface area contributed by atoms with Crippen LogP contribution in [0.1, 0.15) is 6.92 Å². The first-order valence-electron chi connectivity index (χ1n) is 3.39. The summed E-state index contributed by atoms with van der Waals surface area (Å²) in [7, 11) is 0. The van der Waals surface area contributed by atoms with Crippen LogP contribution >= 0.6 is 0 Å². The van der Waals surface area contributed by atoms with E-state index in [1.54, 1.807) is 12.1 Å². The summed E-state index contributed by atoms with van der Waals surface area (Å²) >= 11 is 0. The third-order valence-electron chi connectivity index (χ3n) is 1.26. The standard InChI is InChI=1S/C7H10N4O/c1-4(12)10-6-3-2-5(8)7(9)11-6/h2-3H,8H2,1H3,(H3,9,10,11,12). The highest BCUT2D eigenvalue weighted by Crippen LogP contribution is 2.14.